The molecule has 2 atom stereocenters. The molecule has 0 aromatic carbocycles. The Hall–Kier alpha value is -1.21. The van der Waals surface area contributed by atoms with Crippen molar-refractivity contribution in [3.05, 3.63) is 33.1 Å². The van der Waals surface area contributed by atoms with Crippen molar-refractivity contribution in [3.63, 3.8) is 0 Å². The second-order valence-electron chi connectivity index (χ2n) is 4.51. The first kappa shape index (κ1) is 14.2. The van der Waals surface area contributed by atoms with Crippen molar-refractivity contribution < 1.29 is 19.1 Å². The van der Waals surface area contributed by atoms with Crippen LogP contribution in [0.3, 0.4) is 0 Å². The maximum atomic E-state index is 11.7. The van der Waals surface area contributed by atoms with Gasteiger partial charge in [-0.2, -0.15) is 0 Å². The summed E-state index contributed by atoms with van der Waals surface area (Å²) in [7, 11) is -4.22. The molecule has 1 heterocycles. The Balaban J connectivity index is 2.16. The normalized spacial score (nSPS) is 23.7. The minimum atomic E-state index is -4.22. The highest BCUT2D eigenvalue weighted by atomic mass is 31.2. The van der Waals surface area contributed by atoms with Crippen molar-refractivity contribution in [1.82, 2.24) is 9.55 Å². The van der Waals surface area contributed by atoms with Crippen molar-refractivity contribution in [2.75, 3.05) is 6.35 Å². The van der Waals surface area contributed by atoms with E-state index in [0.717, 1.165) is 6.42 Å². The van der Waals surface area contributed by atoms with Crippen LogP contribution in [0.5, 0.6) is 0 Å². The molecule has 0 unspecified atom stereocenters. The molecule has 8 nitrogen and oxygen atoms in total. The van der Waals surface area contributed by atoms with Crippen molar-refractivity contribution in [2.24, 2.45) is 0 Å². The van der Waals surface area contributed by atoms with Gasteiger partial charge in [-0.1, -0.05) is 0 Å². The summed E-state index contributed by atoms with van der Waals surface area (Å²) in [5, 5.41) is 0. The van der Waals surface area contributed by atoms with Gasteiger partial charge in [-0.3, -0.25) is 18.9 Å². The van der Waals surface area contributed by atoms with E-state index in [1.807, 2.05) is 0 Å². The van der Waals surface area contributed by atoms with Gasteiger partial charge in [0.15, 0.2) is 0 Å². The molecule has 0 spiro atoms. The summed E-state index contributed by atoms with van der Waals surface area (Å²) in [6, 6.07) is 0.927. The quantitative estimate of drug-likeness (QED) is 0.659. The standard InChI is InChI=1S/C10H15N2O6P/c13-9-4-5-12(10(14)11-9)7-2-1-3-8(7)18-6-19(15,16)17/h4-5,7-8H,1-3,6H2,(H,11,13,14)(H2,15,16,17)/t7-,8+/m1/s1. The van der Waals surface area contributed by atoms with Gasteiger partial charge in [0.25, 0.3) is 5.56 Å². The fourth-order valence-corrected chi connectivity index (χ4v) is 2.69. The second-order valence-corrected chi connectivity index (χ2v) is 6.10. The summed E-state index contributed by atoms with van der Waals surface area (Å²) in [5.41, 5.74) is -1.02. The number of H-pyrrole nitrogens is 1. The van der Waals surface area contributed by atoms with Crippen LogP contribution < -0.4 is 11.2 Å². The molecular weight excluding hydrogens is 275 g/mol. The van der Waals surface area contributed by atoms with Gasteiger partial charge in [-0.25, -0.2) is 4.79 Å². The predicted octanol–water partition coefficient (Wildman–Crippen LogP) is -0.218. The van der Waals surface area contributed by atoms with Gasteiger partial charge in [-0.15, -0.1) is 0 Å². The topological polar surface area (TPSA) is 122 Å². The molecule has 2 rings (SSSR count). The number of hydrogen-bond donors (Lipinski definition) is 3. The SMILES string of the molecule is O=c1ccn([C@@H]2CCC[C@@H]2OCP(=O)(O)O)c(=O)[nH]1. The zero-order valence-electron chi connectivity index (χ0n) is 10.1. The zero-order valence-corrected chi connectivity index (χ0v) is 11.0. The Morgan fingerprint density at radius 1 is 1.42 bits per heavy atom. The Bertz CT molecular complexity index is 603. The van der Waals surface area contributed by atoms with Crippen molar-refractivity contribution in [3.8, 4) is 0 Å². The highest BCUT2D eigenvalue weighted by molar-refractivity contribution is 7.51. The van der Waals surface area contributed by atoms with Gasteiger partial charge in [-0.05, 0) is 19.3 Å². The lowest BCUT2D eigenvalue weighted by Crippen LogP contribution is -2.35. The molecule has 1 aliphatic rings. The largest absolute Gasteiger partial charge is 0.363 e. The van der Waals surface area contributed by atoms with E-state index in [9.17, 15) is 14.2 Å². The summed E-state index contributed by atoms with van der Waals surface area (Å²) in [4.78, 5) is 42.4. The number of aromatic nitrogens is 2. The highest BCUT2D eigenvalue weighted by Gasteiger charge is 2.31. The van der Waals surface area contributed by atoms with Crippen molar-refractivity contribution in [1.29, 1.82) is 0 Å². The van der Waals surface area contributed by atoms with E-state index in [0.29, 0.717) is 12.8 Å². The minimum absolute atomic E-state index is 0.309. The molecule has 0 amide bonds. The summed E-state index contributed by atoms with van der Waals surface area (Å²) in [6.45, 7) is 0. The minimum Gasteiger partial charge on any atom is -0.363 e. The molecule has 0 saturated heterocycles. The van der Waals surface area contributed by atoms with Crippen LogP contribution in [-0.2, 0) is 9.30 Å². The third-order valence-electron chi connectivity index (χ3n) is 3.08. The van der Waals surface area contributed by atoms with Gasteiger partial charge in [0.1, 0.15) is 6.35 Å². The number of ether oxygens (including phenoxy) is 1. The van der Waals surface area contributed by atoms with Crippen LogP contribution in [-0.4, -0.2) is 31.8 Å². The van der Waals surface area contributed by atoms with Crippen LogP contribution >= 0.6 is 7.60 Å². The number of rotatable bonds is 4. The Morgan fingerprint density at radius 2 is 2.16 bits per heavy atom. The first-order valence-corrected chi connectivity index (χ1v) is 7.64. The van der Waals surface area contributed by atoms with Crippen molar-refractivity contribution in [2.45, 2.75) is 31.4 Å². The fraction of sp³-hybridized carbons (Fsp3) is 0.600. The maximum Gasteiger partial charge on any atom is 0.350 e. The van der Waals surface area contributed by atoms with Crippen LogP contribution in [0.25, 0.3) is 0 Å². The smallest absolute Gasteiger partial charge is 0.350 e. The zero-order chi connectivity index (χ0) is 14.0. The molecule has 0 bridgehead atoms. The molecule has 9 heteroatoms. The van der Waals surface area contributed by atoms with E-state index < -0.39 is 31.3 Å². The van der Waals surface area contributed by atoms with Crippen LogP contribution in [0.4, 0.5) is 0 Å². The lowest BCUT2D eigenvalue weighted by Gasteiger charge is -2.22. The average molecular weight is 290 g/mol. The average Bonchev–Trinajstić information content (AvgIpc) is 2.73. The van der Waals surface area contributed by atoms with E-state index in [1.165, 1.54) is 16.8 Å². The first-order valence-electron chi connectivity index (χ1n) is 5.84. The van der Waals surface area contributed by atoms with E-state index in [-0.39, 0.29) is 6.04 Å². The van der Waals surface area contributed by atoms with Gasteiger partial charge in [0.05, 0.1) is 12.1 Å². The van der Waals surface area contributed by atoms with Crippen LogP contribution in [0, 0.1) is 0 Å². The first-order chi connectivity index (χ1) is 8.87. The monoisotopic (exact) mass is 290 g/mol. The fourth-order valence-electron chi connectivity index (χ4n) is 2.30. The molecule has 1 aromatic heterocycles. The van der Waals surface area contributed by atoms with E-state index in [4.69, 9.17) is 14.5 Å². The molecule has 0 radical (unpaired) electrons. The van der Waals surface area contributed by atoms with E-state index >= 15 is 0 Å². The van der Waals surface area contributed by atoms with Gasteiger partial charge in [0, 0.05) is 12.3 Å². The number of nitrogens with one attached hydrogen (secondary N) is 1. The third-order valence-corrected chi connectivity index (χ3v) is 3.57. The molecule has 3 N–H and O–H groups in total. The second kappa shape index (κ2) is 5.42. The molecule has 1 aliphatic carbocycles. The van der Waals surface area contributed by atoms with Gasteiger partial charge in [0.2, 0.25) is 0 Å². The summed E-state index contributed by atoms with van der Waals surface area (Å²) >= 11 is 0. The molecule has 1 fully saturated rings. The van der Waals surface area contributed by atoms with Gasteiger partial charge < -0.3 is 14.5 Å². The van der Waals surface area contributed by atoms with Crippen LogP contribution in [0.15, 0.2) is 21.9 Å². The lowest BCUT2D eigenvalue weighted by molar-refractivity contribution is 0.0499. The number of nitrogens with zero attached hydrogens (tertiary/aromatic N) is 1. The summed E-state index contributed by atoms with van der Waals surface area (Å²) in [6.07, 6.45) is 2.36. The Kier molecular flexibility index (Phi) is 4.05. The molecule has 1 aromatic rings. The third kappa shape index (κ3) is 3.63. The Labute approximate surface area is 108 Å². The molecule has 19 heavy (non-hydrogen) atoms. The summed E-state index contributed by atoms with van der Waals surface area (Å²) in [5.74, 6) is 0. The van der Waals surface area contributed by atoms with Crippen molar-refractivity contribution >= 4 is 7.60 Å². The maximum absolute atomic E-state index is 11.7. The molecular formula is C10H15N2O6P. The molecule has 106 valence electrons. The van der Waals surface area contributed by atoms with E-state index in [2.05, 4.69) is 4.98 Å². The lowest BCUT2D eigenvalue weighted by atomic mass is 10.2. The van der Waals surface area contributed by atoms with E-state index in [1.54, 1.807) is 0 Å². The van der Waals surface area contributed by atoms with Gasteiger partial charge >= 0.3 is 13.3 Å². The highest BCUT2D eigenvalue weighted by Crippen LogP contribution is 2.38. The molecule has 1 saturated carbocycles. The number of hydrogen-bond acceptors (Lipinski definition) is 4. The Morgan fingerprint density at radius 3 is 2.79 bits per heavy atom. The predicted molar refractivity (Wildman–Crippen MR) is 66.0 cm³/mol. The summed E-state index contributed by atoms with van der Waals surface area (Å²) < 4.78 is 17.3. The van der Waals surface area contributed by atoms with Crippen LogP contribution in [0.1, 0.15) is 25.3 Å². The number of aromatic amines is 1. The molecule has 0 aliphatic heterocycles. The van der Waals surface area contributed by atoms with Crippen LogP contribution in [0.2, 0.25) is 0 Å².